The third kappa shape index (κ3) is 2.77. The van der Waals surface area contributed by atoms with E-state index < -0.39 is 29.7 Å². The monoisotopic (exact) mass is 404 g/mol. The van der Waals surface area contributed by atoms with Gasteiger partial charge in [0.15, 0.2) is 23.8 Å². The second kappa shape index (κ2) is 6.91. The van der Waals surface area contributed by atoms with Gasteiger partial charge in [-0.2, -0.15) is 0 Å². The molecule has 0 radical (unpaired) electrons. The molecule has 144 valence electrons. The maximum Gasteiger partial charge on any atom is 0.199 e. The van der Waals surface area contributed by atoms with Crippen molar-refractivity contribution in [2.24, 2.45) is 17.8 Å². The zero-order valence-electron chi connectivity index (χ0n) is 15.4. The van der Waals surface area contributed by atoms with E-state index in [0.29, 0.717) is 0 Å². The highest BCUT2D eigenvalue weighted by Crippen LogP contribution is 2.55. The van der Waals surface area contributed by atoms with Gasteiger partial charge in [0.05, 0.1) is 9.79 Å². The summed E-state index contributed by atoms with van der Waals surface area (Å²) in [4.78, 5) is 0.0709. The van der Waals surface area contributed by atoms with Crippen molar-refractivity contribution in [1.29, 1.82) is 0 Å². The Morgan fingerprint density at radius 1 is 0.852 bits per heavy atom. The maximum absolute atomic E-state index is 13.8. The zero-order valence-corrected chi connectivity index (χ0v) is 17.1. The minimum absolute atomic E-state index is 0.00723. The van der Waals surface area contributed by atoms with E-state index in [1.807, 2.05) is 6.92 Å². The van der Waals surface area contributed by atoms with Gasteiger partial charge in [0.2, 0.25) is 0 Å². The first-order valence-electron chi connectivity index (χ1n) is 8.92. The summed E-state index contributed by atoms with van der Waals surface area (Å²) in [5, 5.41) is 0. The van der Waals surface area contributed by atoms with Crippen LogP contribution in [0.25, 0.3) is 0 Å². The highest BCUT2D eigenvalue weighted by molar-refractivity contribution is 8.10. The van der Waals surface area contributed by atoms with Gasteiger partial charge in [-0.25, -0.2) is 16.8 Å². The molecule has 4 nitrogen and oxygen atoms in total. The highest BCUT2D eigenvalue weighted by Gasteiger charge is 2.65. The van der Waals surface area contributed by atoms with E-state index in [-0.39, 0.29) is 28.0 Å². The number of allylic oxidation sites excluding steroid dienone is 1. The van der Waals surface area contributed by atoms with Crippen LogP contribution in [0.5, 0.6) is 0 Å². The molecule has 0 amide bonds. The second-order valence-corrected chi connectivity index (χ2v) is 11.9. The SMILES string of the molecule is C=C[C@@H]1CC(S(=O)(=O)c2ccccc2)(S(=O)(=O)c2ccccc2)[C@H](C)[C@H]1C. The molecule has 0 spiro atoms. The fraction of sp³-hybridized carbons (Fsp3) is 0.333. The molecule has 3 rings (SSSR count). The summed E-state index contributed by atoms with van der Waals surface area (Å²) in [5.41, 5.74) is 0. The van der Waals surface area contributed by atoms with Crippen LogP contribution in [0.3, 0.4) is 0 Å². The Hall–Kier alpha value is -1.92. The van der Waals surface area contributed by atoms with Crippen LogP contribution >= 0.6 is 0 Å². The van der Waals surface area contributed by atoms with Crippen molar-refractivity contribution < 1.29 is 16.8 Å². The number of rotatable bonds is 5. The fourth-order valence-electron chi connectivity index (χ4n) is 4.22. The molecular formula is C21H24O4S2. The molecule has 0 heterocycles. The van der Waals surface area contributed by atoms with E-state index in [0.717, 1.165) is 0 Å². The van der Waals surface area contributed by atoms with Crippen molar-refractivity contribution >= 4 is 19.7 Å². The molecule has 3 atom stereocenters. The molecule has 6 heteroatoms. The lowest BCUT2D eigenvalue weighted by Gasteiger charge is -2.34. The Balaban J connectivity index is 2.35. The molecular weight excluding hydrogens is 380 g/mol. The fourth-order valence-corrected chi connectivity index (χ4v) is 10.0. The van der Waals surface area contributed by atoms with E-state index >= 15 is 0 Å². The molecule has 27 heavy (non-hydrogen) atoms. The molecule has 0 aliphatic heterocycles. The van der Waals surface area contributed by atoms with Gasteiger partial charge < -0.3 is 0 Å². The zero-order chi connectivity index (χ0) is 19.9. The third-order valence-corrected chi connectivity index (χ3v) is 12.0. The van der Waals surface area contributed by atoms with Crippen molar-refractivity contribution in [3.63, 3.8) is 0 Å². The summed E-state index contributed by atoms with van der Waals surface area (Å²) in [5.74, 6) is -0.910. The Kier molecular flexibility index (Phi) is 5.08. The first-order chi connectivity index (χ1) is 12.7. The molecule has 0 saturated heterocycles. The van der Waals surface area contributed by atoms with E-state index in [2.05, 4.69) is 6.58 Å². The van der Waals surface area contributed by atoms with Crippen LogP contribution in [-0.4, -0.2) is 20.9 Å². The Bertz CT molecular complexity index is 957. The third-order valence-electron chi connectivity index (χ3n) is 6.00. The normalized spacial score (nSPS) is 25.2. The molecule has 0 unspecified atom stereocenters. The summed E-state index contributed by atoms with van der Waals surface area (Å²) in [6, 6.07) is 15.8. The van der Waals surface area contributed by atoms with Gasteiger partial charge in [0, 0.05) is 0 Å². The van der Waals surface area contributed by atoms with E-state index in [9.17, 15) is 16.8 Å². The quantitative estimate of drug-likeness (QED) is 0.704. The smallest absolute Gasteiger partial charge is 0.199 e. The predicted molar refractivity (Wildman–Crippen MR) is 107 cm³/mol. The summed E-state index contributed by atoms with van der Waals surface area (Å²) in [6.45, 7) is 7.45. The molecule has 1 aliphatic carbocycles. The van der Waals surface area contributed by atoms with Crippen LogP contribution in [0, 0.1) is 17.8 Å². The minimum atomic E-state index is -4.17. The standard InChI is InChI=1S/C21H24O4S2/c1-4-18-15-21(17(3)16(18)2,26(22,23)19-11-7-5-8-12-19)27(24,25)20-13-9-6-10-14-20/h4-14,16-18H,1,15H2,2-3H3/t16-,17-,18-/m1/s1. The summed E-state index contributed by atoms with van der Waals surface area (Å²) in [7, 11) is -8.33. The Morgan fingerprint density at radius 2 is 1.26 bits per heavy atom. The molecule has 1 aliphatic rings. The lowest BCUT2D eigenvalue weighted by Crippen LogP contribution is -2.49. The first-order valence-corrected chi connectivity index (χ1v) is 11.9. The van der Waals surface area contributed by atoms with Gasteiger partial charge in [-0.15, -0.1) is 6.58 Å². The average molecular weight is 405 g/mol. The molecule has 0 aromatic heterocycles. The Labute approximate surface area is 161 Å². The van der Waals surface area contributed by atoms with E-state index in [1.165, 1.54) is 24.3 Å². The number of hydrogen-bond donors (Lipinski definition) is 0. The van der Waals surface area contributed by atoms with Crippen molar-refractivity contribution in [3.05, 3.63) is 73.3 Å². The second-order valence-electron chi connectivity index (χ2n) is 7.20. The minimum Gasteiger partial charge on any atom is -0.222 e. The molecule has 2 aromatic rings. The van der Waals surface area contributed by atoms with Crippen molar-refractivity contribution in [1.82, 2.24) is 0 Å². The molecule has 1 saturated carbocycles. The van der Waals surface area contributed by atoms with Crippen molar-refractivity contribution in [2.75, 3.05) is 0 Å². The highest BCUT2D eigenvalue weighted by atomic mass is 32.3. The van der Waals surface area contributed by atoms with Crippen LogP contribution in [0.15, 0.2) is 83.1 Å². The number of sulfone groups is 2. The van der Waals surface area contributed by atoms with Crippen LogP contribution in [-0.2, 0) is 19.7 Å². The first kappa shape index (κ1) is 19.8. The van der Waals surface area contributed by atoms with E-state index in [4.69, 9.17) is 0 Å². The largest absolute Gasteiger partial charge is 0.222 e. The average Bonchev–Trinajstić information content (AvgIpc) is 2.96. The van der Waals surface area contributed by atoms with Gasteiger partial charge in [-0.1, -0.05) is 56.3 Å². The van der Waals surface area contributed by atoms with Crippen molar-refractivity contribution in [2.45, 2.75) is 34.1 Å². The van der Waals surface area contributed by atoms with Gasteiger partial charge in [-0.05, 0) is 48.4 Å². The molecule has 2 aromatic carbocycles. The van der Waals surface area contributed by atoms with Crippen LogP contribution in [0.4, 0.5) is 0 Å². The van der Waals surface area contributed by atoms with Crippen LogP contribution in [0.1, 0.15) is 20.3 Å². The summed E-state index contributed by atoms with van der Waals surface area (Å²) in [6.07, 6.45) is 1.69. The van der Waals surface area contributed by atoms with Gasteiger partial charge >= 0.3 is 0 Å². The van der Waals surface area contributed by atoms with Crippen LogP contribution < -0.4 is 0 Å². The maximum atomic E-state index is 13.8. The van der Waals surface area contributed by atoms with Crippen LogP contribution in [0.2, 0.25) is 0 Å². The molecule has 0 bridgehead atoms. The van der Waals surface area contributed by atoms with Gasteiger partial charge in [0.1, 0.15) is 0 Å². The molecule has 0 N–H and O–H groups in total. The van der Waals surface area contributed by atoms with Gasteiger partial charge in [-0.3, -0.25) is 0 Å². The number of benzene rings is 2. The lowest BCUT2D eigenvalue weighted by atomic mass is 9.93. The van der Waals surface area contributed by atoms with Gasteiger partial charge in [0.25, 0.3) is 0 Å². The number of hydrogen-bond acceptors (Lipinski definition) is 4. The lowest BCUT2D eigenvalue weighted by molar-refractivity contribution is 0.391. The summed E-state index contributed by atoms with van der Waals surface area (Å²) >= 11 is 0. The predicted octanol–water partition coefficient (Wildman–Crippen LogP) is 4.11. The topological polar surface area (TPSA) is 68.3 Å². The summed E-state index contributed by atoms with van der Waals surface area (Å²) < 4.78 is 53.2. The Morgan fingerprint density at radius 3 is 1.59 bits per heavy atom. The van der Waals surface area contributed by atoms with Crippen molar-refractivity contribution in [3.8, 4) is 0 Å². The molecule has 1 fully saturated rings. The van der Waals surface area contributed by atoms with E-state index in [1.54, 1.807) is 49.4 Å².